The standard InChI is InChI=1S/C25H34N8O2/c1-16-12-32(13-17(2)28-16)24-27-10-19(35-5)22(29-24)31-14-18(15-31)23(34)30-25(3,4)20-11-26-21-8-6-7-9-33(20)21/h6-11,16-18,28H,12-15H2,1-5H3,(H,30,34)/t16-,17-/m0/s1. The van der Waals surface area contributed by atoms with Crippen LogP contribution in [0.4, 0.5) is 11.8 Å². The first-order valence-electron chi connectivity index (χ1n) is 12.2. The molecule has 5 rings (SSSR count). The molecule has 10 heteroatoms. The van der Waals surface area contributed by atoms with Gasteiger partial charge in [-0.2, -0.15) is 4.98 Å². The van der Waals surface area contributed by atoms with Gasteiger partial charge in [-0.1, -0.05) is 6.07 Å². The molecule has 0 aliphatic carbocycles. The predicted octanol–water partition coefficient (Wildman–Crippen LogP) is 1.81. The number of pyridine rings is 1. The van der Waals surface area contributed by atoms with Crippen LogP contribution in [0.2, 0.25) is 0 Å². The number of fused-ring (bicyclic) bond motifs is 1. The van der Waals surface area contributed by atoms with E-state index in [9.17, 15) is 4.79 Å². The summed E-state index contributed by atoms with van der Waals surface area (Å²) in [4.78, 5) is 31.3. The average molecular weight is 479 g/mol. The molecule has 0 spiro atoms. The van der Waals surface area contributed by atoms with Gasteiger partial charge in [-0.15, -0.1) is 0 Å². The van der Waals surface area contributed by atoms with E-state index in [0.29, 0.717) is 36.9 Å². The van der Waals surface area contributed by atoms with Crippen molar-refractivity contribution in [3.8, 4) is 5.75 Å². The summed E-state index contributed by atoms with van der Waals surface area (Å²) in [6, 6.07) is 6.60. The Morgan fingerprint density at radius 3 is 2.54 bits per heavy atom. The van der Waals surface area contributed by atoms with Gasteiger partial charge < -0.3 is 29.6 Å². The van der Waals surface area contributed by atoms with E-state index in [-0.39, 0.29) is 11.8 Å². The lowest BCUT2D eigenvalue weighted by Crippen LogP contribution is -2.57. The van der Waals surface area contributed by atoms with E-state index in [2.05, 4.69) is 44.2 Å². The Bertz CT molecular complexity index is 1210. The summed E-state index contributed by atoms with van der Waals surface area (Å²) >= 11 is 0. The molecule has 0 aromatic carbocycles. The van der Waals surface area contributed by atoms with Crippen LogP contribution in [0.5, 0.6) is 5.75 Å². The van der Waals surface area contributed by atoms with Crippen molar-refractivity contribution in [2.24, 2.45) is 5.92 Å². The van der Waals surface area contributed by atoms with E-state index in [1.54, 1.807) is 13.3 Å². The zero-order valence-electron chi connectivity index (χ0n) is 21.0. The lowest BCUT2D eigenvalue weighted by atomic mass is 9.95. The number of carbonyl (C=O) groups excluding carboxylic acids is 1. The summed E-state index contributed by atoms with van der Waals surface area (Å²) in [5, 5.41) is 6.76. The van der Waals surface area contributed by atoms with Crippen molar-refractivity contribution in [3.63, 3.8) is 0 Å². The monoisotopic (exact) mass is 478 g/mol. The van der Waals surface area contributed by atoms with E-state index >= 15 is 0 Å². The Balaban J connectivity index is 1.27. The second-order valence-corrected chi connectivity index (χ2v) is 10.2. The maximum Gasteiger partial charge on any atom is 0.227 e. The molecule has 3 aromatic rings. The van der Waals surface area contributed by atoms with Crippen LogP contribution in [-0.4, -0.2) is 70.6 Å². The summed E-state index contributed by atoms with van der Waals surface area (Å²) in [5.41, 5.74) is 1.24. The normalized spacial score (nSPS) is 21.2. The quantitative estimate of drug-likeness (QED) is 0.553. The summed E-state index contributed by atoms with van der Waals surface area (Å²) in [6.45, 7) is 11.2. The number of anilines is 2. The van der Waals surface area contributed by atoms with Crippen molar-refractivity contribution >= 4 is 23.3 Å². The fourth-order valence-corrected chi connectivity index (χ4v) is 5.05. The summed E-state index contributed by atoms with van der Waals surface area (Å²) in [7, 11) is 1.62. The highest BCUT2D eigenvalue weighted by atomic mass is 16.5. The van der Waals surface area contributed by atoms with Gasteiger partial charge in [0.2, 0.25) is 11.9 Å². The average Bonchev–Trinajstić information content (AvgIpc) is 3.22. The first kappa shape index (κ1) is 23.3. The first-order chi connectivity index (χ1) is 16.7. The number of imidazole rings is 1. The second kappa shape index (κ2) is 8.99. The van der Waals surface area contributed by atoms with Gasteiger partial charge in [-0.05, 0) is 39.8 Å². The Morgan fingerprint density at radius 2 is 1.83 bits per heavy atom. The van der Waals surface area contributed by atoms with Crippen molar-refractivity contribution in [1.82, 2.24) is 30.0 Å². The smallest absolute Gasteiger partial charge is 0.227 e. The number of carbonyl (C=O) groups is 1. The van der Waals surface area contributed by atoms with E-state index < -0.39 is 5.54 Å². The largest absolute Gasteiger partial charge is 0.491 e. The third-order valence-electron chi connectivity index (χ3n) is 6.83. The van der Waals surface area contributed by atoms with Crippen molar-refractivity contribution in [3.05, 3.63) is 42.5 Å². The first-order valence-corrected chi connectivity index (χ1v) is 12.2. The zero-order chi connectivity index (χ0) is 24.7. The minimum absolute atomic E-state index is 0.0233. The van der Waals surface area contributed by atoms with Gasteiger partial charge in [0.1, 0.15) is 5.65 Å². The van der Waals surface area contributed by atoms with E-state index in [1.165, 1.54) is 0 Å². The van der Waals surface area contributed by atoms with Crippen LogP contribution >= 0.6 is 0 Å². The van der Waals surface area contributed by atoms with Crippen LogP contribution in [-0.2, 0) is 10.3 Å². The predicted molar refractivity (Wildman–Crippen MR) is 135 cm³/mol. The summed E-state index contributed by atoms with van der Waals surface area (Å²) in [6.07, 6.45) is 5.53. The van der Waals surface area contributed by atoms with Gasteiger partial charge in [0.15, 0.2) is 11.6 Å². The molecule has 2 fully saturated rings. The molecule has 0 radical (unpaired) electrons. The zero-order valence-corrected chi connectivity index (χ0v) is 21.0. The van der Waals surface area contributed by atoms with Crippen molar-refractivity contribution in [2.45, 2.75) is 45.3 Å². The molecule has 186 valence electrons. The Morgan fingerprint density at radius 1 is 1.09 bits per heavy atom. The van der Waals surface area contributed by atoms with Crippen molar-refractivity contribution < 1.29 is 9.53 Å². The van der Waals surface area contributed by atoms with Gasteiger partial charge in [0.05, 0.1) is 36.7 Å². The van der Waals surface area contributed by atoms with Gasteiger partial charge in [0.25, 0.3) is 0 Å². The molecule has 1 amide bonds. The number of methoxy groups -OCH3 is 1. The van der Waals surface area contributed by atoms with Crippen LogP contribution in [0.25, 0.3) is 5.65 Å². The third-order valence-corrected chi connectivity index (χ3v) is 6.83. The highest BCUT2D eigenvalue weighted by molar-refractivity contribution is 5.83. The highest BCUT2D eigenvalue weighted by Gasteiger charge is 2.38. The molecule has 10 nitrogen and oxygen atoms in total. The lowest BCUT2D eigenvalue weighted by Gasteiger charge is -2.41. The van der Waals surface area contributed by atoms with Crippen LogP contribution in [0, 0.1) is 5.92 Å². The summed E-state index contributed by atoms with van der Waals surface area (Å²) in [5.74, 6) is 1.95. The number of rotatable bonds is 6. The van der Waals surface area contributed by atoms with E-state index in [4.69, 9.17) is 9.72 Å². The molecule has 0 unspecified atom stereocenters. The molecule has 3 aromatic heterocycles. The molecule has 2 N–H and O–H groups in total. The minimum Gasteiger partial charge on any atom is -0.491 e. The molecular formula is C25H34N8O2. The SMILES string of the molecule is COc1cnc(N2C[C@H](C)N[C@@H](C)C2)nc1N1CC(C(=O)NC(C)(C)c2cnc3ccccn23)C1. The Hall–Kier alpha value is -3.40. The minimum atomic E-state index is -0.562. The topological polar surface area (TPSA) is 99.9 Å². The fraction of sp³-hybridized carbons (Fsp3) is 0.520. The number of nitrogens with one attached hydrogen (secondary N) is 2. The van der Waals surface area contributed by atoms with Crippen LogP contribution in [0.1, 0.15) is 33.4 Å². The van der Waals surface area contributed by atoms with Gasteiger partial charge >= 0.3 is 0 Å². The number of nitrogens with zero attached hydrogens (tertiary/aromatic N) is 6. The van der Waals surface area contributed by atoms with Gasteiger partial charge in [-0.25, -0.2) is 9.97 Å². The van der Waals surface area contributed by atoms with Crippen LogP contribution in [0.3, 0.4) is 0 Å². The number of aromatic nitrogens is 4. The molecule has 0 saturated carbocycles. The molecule has 5 heterocycles. The fourth-order valence-electron chi connectivity index (χ4n) is 5.05. The van der Waals surface area contributed by atoms with E-state index in [0.717, 1.165) is 30.2 Å². The van der Waals surface area contributed by atoms with E-state index in [1.807, 2.05) is 48.8 Å². The van der Waals surface area contributed by atoms with Gasteiger partial charge in [0, 0.05) is 44.5 Å². The summed E-state index contributed by atoms with van der Waals surface area (Å²) < 4.78 is 7.56. The molecular weight excluding hydrogens is 444 g/mol. The van der Waals surface area contributed by atoms with Crippen molar-refractivity contribution in [1.29, 1.82) is 0 Å². The molecule has 0 bridgehead atoms. The van der Waals surface area contributed by atoms with Gasteiger partial charge in [-0.3, -0.25) is 4.79 Å². The number of amides is 1. The van der Waals surface area contributed by atoms with Crippen LogP contribution in [0.15, 0.2) is 36.8 Å². The number of hydrogen-bond acceptors (Lipinski definition) is 8. The third kappa shape index (κ3) is 4.50. The number of hydrogen-bond donors (Lipinski definition) is 2. The lowest BCUT2D eigenvalue weighted by molar-refractivity contribution is -0.127. The van der Waals surface area contributed by atoms with Crippen LogP contribution < -0.4 is 25.2 Å². The molecule has 2 aliphatic rings. The maximum atomic E-state index is 13.1. The van der Waals surface area contributed by atoms with Crippen molar-refractivity contribution in [2.75, 3.05) is 43.1 Å². The number of ether oxygens (including phenoxy) is 1. The molecule has 2 saturated heterocycles. The molecule has 2 aliphatic heterocycles. The Labute approximate surface area is 205 Å². The maximum absolute atomic E-state index is 13.1. The Kier molecular flexibility index (Phi) is 6.00. The second-order valence-electron chi connectivity index (χ2n) is 10.2. The number of piperazine rings is 1. The molecule has 35 heavy (non-hydrogen) atoms. The highest BCUT2D eigenvalue weighted by Crippen LogP contribution is 2.33. The molecule has 2 atom stereocenters.